The minimum atomic E-state index is -3.82. The summed E-state index contributed by atoms with van der Waals surface area (Å²) in [5.41, 5.74) is 0.950. The van der Waals surface area contributed by atoms with Crippen LogP contribution in [0.2, 0.25) is 0 Å². The number of carbonyl (C=O) groups is 1. The molecule has 1 fully saturated rings. The molecule has 0 radical (unpaired) electrons. The number of amides is 1. The van der Waals surface area contributed by atoms with Gasteiger partial charge in [-0.3, -0.25) is 4.79 Å². The van der Waals surface area contributed by atoms with Crippen molar-refractivity contribution in [2.24, 2.45) is 5.92 Å². The van der Waals surface area contributed by atoms with Gasteiger partial charge in [-0.1, -0.05) is 31.5 Å². The maximum Gasteiger partial charge on any atom is 0.241 e. The second kappa shape index (κ2) is 8.27. The lowest BCUT2D eigenvalue weighted by molar-refractivity contribution is -0.127. The number of sulfonamides is 1. The smallest absolute Gasteiger partial charge is 0.241 e. The second-order valence-corrected chi connectivity index (χ2v) is 8.50. The van der Waals surface area contributed by atoms with Crippen molar-refractivity contribution in [3.63, 3.8) is 0 Å². The third-order valence-electron chi connectivity index (χ3n) is 4.04. The van der Waals surface area contributed by atoms with Gasteiger partial charge in [-0.25, -0.2) is 8.42 Å². The molecule has 0 saturated carbocycles. The SMILES string of the molecule is Cc1ccc(S(=O)(=O)NC(CC(C)C)C(=O)N[C@H]2CCOC2O)cc1. The van der Waals surface area contributed by atoms with Gasteiger partial charge in [-0.15, -0.1) is 0 Å². The Bertz CT molecular complexity index is 687. The Kier molecular flexibility index (Phi) is 6.56. The summed E-state index contributed by atoms with van der Waals surface area (Å²) in [5, 5.41) is 12.3. The quantitative estimate of drug-likeness (QED) is 0.662. The lowest BCUT2D eigenvalue weighted by atomic mass is 10.0. The summed E-state index contributed by atoms with van der Waals surface area (Å²) < 4.78 is 32.6. The minimum absolute atomic E-state index is 0.112. The highest BCUT2D eigenvalue weighted by Crippen LogP contribution is 2.15. The molecule has 1 aromatic carbocycles. The highest BCUT2D eigenvalue weighted by Gasteiger charge is 2.32. The van der Waals surface area contributed by atoms with Gasteiger partial charge in [0, 0.05) is 0 Å². The molecule has 140 valence electrons. The Labute approximate surface area is 148 Å². The molecule has 8 heteroatoms. The third kappa shape index (κ3) is 5.50. The Balaban J connectivity index is 2.13. The largest absolute Gasteiger partial charge is 0.366 e. The van der Waals surface area contributed by atoms with Crippen LogP contribution in [0.5, 0.6) is 0 Å². The van der Waals surface area contributed by atoms with E-state index in [1.807, 2.05) is 20.8 Å². The van der Waals surface area contributed by atoms with E-state index in [-0.39, 0.29) is 10.8 Å². The molecule has 1 heterocycles. The number of nitrogens with one attached hydrogen (secondary N) is 2. The third-order valence-corrected chi connectivity index (χ3v) is 5.53. The van der Waals surface area contributed by atoms with E-state index >= 15 is 0 Å². The average Bonchev–Trinajstić information content (AvgIpc) is 2.91. The fourth-order valence-electron chi connectivity index (χ4n) is 2.65. The molecule has 2 rings (SSSR count). The van der Waals surface area contributed by atoms with E-state index in [0.717, 1.165) is 5.56 Å². The van der Waals surface area contributed by atoms with Crippen molar-refractivity contribution in [2.75, 3.05) is 6.61 Å². The number of hydrogen-bond donors (Lipinski definition) is 3. The van der Waals surface area contributed by atoms with E-state index in [9.17, 15) is 18.3 Å². The van der Waals surface area contributed by atoms with Gasteiger partial charge in [0.05, 0.1) is 17.5 Å². The second-order valence-electron chi connectivity index (χ2n) is 6.78. The van der Waals surface area contributed by atoms with Crippen molar-refractivity contribution in [1.29, 1.82) is 0 Å². The molecule has 3 N–H and O–H groups in total. The number of ether oxygens (including phenoxy) is 1. The number of hydrogen-bond acceptors (Lipinski definition) is 5. The molecule has 7 nitrogen and oxygen atoms in total. The average molecular weight is 370 g/mol. The van der Waals surface area contributed by atoms with E-state index in [4.69, 9.17) is 4.74 Å². The van der Waals surface area contributed by atoms with Crippen molar-refractivity contribution in [3.05, 3.63) is 29.8 Å². The topological polar surface area (TPSA) is 105 Å². The zero-order valence-electron chi connectivity index (χ0n) is 14.7. The molecule has 1 aliphatic rings. The lowest BCUT2D eigenvalue weighted by Gasteiger charge is -2.23. The van der Waals surface area contributed by atoms with E-state index in [0.29, 0.717) is 19.4 Å². The van der Waals surface area contributed by atoms with Crippen LogP contribution >= 0.6 is 0 Å². The molecule has 0 aliphatic carbocycles. The molecule has 1 aliphatic heterocycles. The van der Waals surface area contributed by atoms with Gasteiger partial charge in [-0.2, -0.15) is 4.72 Å². The fourth-order valence-corrected chi connectivity index (χ4v) is 3.86. The number of aliphatic hydroxyl groups excluding tert-OH is 1. The Morgan fingerprint density at radius 3 is 2.48 bits per heavy atom. The molecule has 3 atom stereocenters. The summed E-state index contributed by atoms with van der Waals surface area (Å²) >= 11 is 0. The summed E-state index contributed by atoms with van der Waals surface area (Å²) in [6.07, 6.45) is -0.218. The van der Waals surface area contributed by atoms with Gasteiger partial charge >= 0.3 is 0 Å². The number of aliphatic hydroxyl groups is 1. The highest BCUT2D eigenvalue weighted by atomic mass is 32.2. The van der Waals surface area contributed by atoms with Crippen LogP contribution in [0.3, 0.4) is 0 Å². The molecule has 0 bridgehead atoms. The maximum absolute atomic E-state index is 12.6. The predicted molar refractivity (Wildman–Crippen MR) is 93.3 cm³/mol. The van der Waals surface area contributed by atoms with Crippen LogP contribution < -0.4 is 10.0 Å². The Hall–Kier alpha value is -1.48. The standard InChI is InChI=1S/C17H26N2O5S/c1-11(2)10-15(16(20)18-14-8-9-24-17(14)21)19-25(22,23)13-6-4-12(3)5-7-13/h4-7,11,14-15,17,19,21H,8-10H2,1-3H3,(H,18,20)/t14-,15?,17?/m0/s1. The zero-order chi connectivity index (χ0) is 18.6. The predicted octanol–water partition coefficient (Wildman–Crippen LogP) is 0.912. The van der Waals surface area contributed by atoms with Gasteiger partial charge < -0.3 is 15.2 Å². The van der Waals surface area contributed by atoms with Gasteiger partial charge in [-0.05, 0) is 37.8 Å². The van der Waals surface area contributed by atoms with Crippen molar-refractivity contribution in [2.45, 2.75) is 56.9 Å². The summed E-state index contributed by atoms with van der Waals surface area (Å²) in [5.74, 6) is -0.347. The van der Waals surface area contributed by atoms with Crippen LogP contribution in [-0.4, -0.2) is 44.4 Å². The highest BCUT2D eigenvalue weighted by molar-refractivity contribution is 7.89. The van der Waals surface area contributed by atoms with Crippen LogP contribution in [0, 0.1) is 12.8 Å². The number of carbonyl (C=O) groups excluding carboxylic acids is 1. The molecular formula is C17H26N2O5S. The van der Waals surface area contributed by atoms with Crippen LogP contribution in [0.25, 0.3) is 0 Å². The zero-order valence-corrected chi connectivity index (χ0v) is 15.5. The molecule has 1 saturated heterocycles. The lowest BCUT2D eigenvalue weighted by Crippen LogP contribution is -2.51. The van der Waals surface area contributed by atoms with E-state index in [2.05, 4.69) is 10.0 Å². The van der Waals surface area contributed by atoms with E-state index in [1.54, 1.807) is 12.1 Å². The van der Waals surface area contributed by atoms with E-state index in [1.165, 1.54) is 12.1 Å². The summed E-state index contributed by atoms with van der Waals surface area (Å²) in [7, 11) is -3.82. The first-order chi connectivity index (χ1) is 11.7. The first-order valence-electron chi connectivity index (χ1n) is 8.38. The molecule has 0 aromatic heterocycles. The Morgan fingerprint density at radius 1 is 1.32 bits per heavy atom. The van der Waals surface area contributed by atoms with Crippen LogP contribution in [0.15, 0.2) is 29.2 Å². The van der Waals surface area contributed by atoms with E-state index < -0.39 is 34.3 Å². The van der Waals surface area contributed by atoms with Crippen LogP contribution in [0.1, 0.15) is 32.3 Å². The van der Waals surface area contributed by atoms with Gasteiger partial charge in [0.15, 0.2) is 6.29 Å². The van der Waals surface area contributed by atoms with Crippen molar-refractivity contribution < 1.29 is 23.1 Å². The number of benzene rings is 1. The monoisotopic (exact) mass is 370 g/mol. The summed E-state index contributed by atoms with van der Waals surface area (Å²) in [4.78, 5) is 12.7. The number of rotatable bonds is 7. The first kappa shape index (κ1) is 19.8. The first-order valence-corrected chi connectivity index (χ1v) is 9.86. The summed E-state index contributed by atoms with van der Waals surface area (Å²) in [6, 6.07) is 4.99. The maximum atomic E-state index is 12.6. The molecule has 2 unspecified atom stereocenters. The van der Waals surface area contributed by atoms with Crippen molar-refractivity contribution in [3.8, 4) is 0 Å². The fraction of sp³-hybridized carbons (Fsp3) is 0.588. The van der Waals surface area contributed by atoms with Crippen LogP contribution in [0.4, 0.5) is 0 Å². The number of aryl methyl sites for hydroxylation is 1. The molecule has 1 amide bonds. The van der Waals surface area contributed by atoms with Crippen molar-refractivity contribution >= 4 is 15.9 Å². The van der Waals surface area contributed by atoms with Crippen molar-refractivity contribution in [1.82, 2.24) is 10.0 Å². The molecule has 1 aromatic rings. The van der Waals surface area contributed by atoms with Gasteiger partial charge in [0.1, 0.15) is 6.04 Å². The minimum Gasteiger partial charge on any atom is -0.366 e. The van der Waals surface area contributed by atoms with Gasteiger partial charge in [0.2, 0.25) is 15.9 Å². The van der Waals surface area contributed by atoms with Gasteiger partial charge in [0.25, 0.3) is 0 Å². The molecule has 0 spiro atoms. The molecular weight excluding hydrogens is 344 g/mol. The summed E-state index contributed by atoms with van der Waals surface area (Å²) in [6.45, 7) is 6.05. The normalized spacial score (nSPS) is 22.1. The van der Waals surface area contributed by atoms with Crippen LogP contribution in [-0.2, 0) is 19.6 Å². The Morgan fingerprint density at radius 2 is 1.96 bits per heavy atom. The molecule has 25 heavy (non-hydrogen) atoms.